The molecule has 1 aromatic heterocycles. The summed E-state index contributed by atoms with van der Waals surface area (Å²) < 4.78 is 10.6. The van der Waals surface area contributed by atoms with E-state index in [1.807, 2.05) is 30.3 Å². The molecule has 2 N–H and O–H groups in total. The number of hydrogen-bond donors (Lipinski definition) is 2. The lowest BCUT2D eigenvalue weighted by Gasteiger charge is -2.32. The number of hydrogen-bond acceptors (Lipinski definition) is 4. The zero-order valence-corrected chi connectivity index (χ0v) is 18.2. The lowest BCUT2D eigenvalue weighted by molar-refractivity contribution is -0.121. The van der Waals surface area contributed by atoms with E-state index in [1.165, 1.54) is 14.2 Å². The molecule has 162 valence electrons. The quantitative estimate of drug-likeness (QED) is 0.617. The van der Waals surface area contributed by atoms with Crippen molar-refractivity contribution in [3.63, 3.8) is 0 Å². The Bertz CT molecular complexity index is 1090. The van der Waals surface area contributed by atoms with E-state index in [0.717, 1.165) is 17.3 Å². The molecule has 31 heavy (non-hydrogen) atoms. The summed E-state index contributed by atoms with van der Waals surface area (Å²) in [6, 6.07) is 12.8. The number of benzene rings is 2. The van der Waals surface area contributed by atoms with Gasteiger partial charge < -0.3 is 24.7 Å². The highest BCUT2D eigenvalue weighted by Crippen LogP contribution is 2.36. The minimum absolute atomic E-state index is 0.0984. The fourth-order valence-electron chi connectivity index (χ4n) is 3.93. The molecular weight excluding hydrogens is 418 g/mol. The fourth-order valence-corrected chi connectivity index (χ4v) is 4.17. The molecule has 1 atom stereocenters. The van der Waals surface area contributed by atoms with Crippen molar-refractivity contribution in [3.05, 3.63) is 53.2 Å². The van der Waals surface area contributed by atoms with Gasteiger partial charge in [0.1, 0.15) is 17.2 Å². The third kappa shape index (κ3) is 4.32. The van der Waals surface area contributed by atoms with Crippen LogP contribution in [-0.2, 0) is 4.79 Å². The van der Waals surface area contributed by atoms with E-state index < -0.39 is 0 Å². The van der Waals surface area contributed by atoms with Crippen LogP contribution >= 0.6 is 11.6 Å². The zero-order valence-electron chi connectivity index (χ0n) is 17.4. The number of aromatic amines is 1. The van der Waals surface area contributed by atoms with Crippen LogP contribution in [0.1, 0.15) is 23.3 Å². The molecule has 1 saturated heterocycles. The molecule has 0 aliphatic carbocycles. The van der Waals surface area contributed by atoms with Gasteiger partial charge in [0.2, 0.25) is 5.91 Å². The van der Waals surface area contributed by atoms with E-state index in [9.17, 15) is 9.59 Å². The molecule has 1 fully saturated rings. The maximum absolute atomic E-state index is 13.0. The average Bonchev–Trinajstić information content (AvgIpc) is 3.23. The number of anilines is 1. The Morgan fingerprint density at radius 2 is 1.90 bits per heavy atom. The average molecular weight is 442 g/mol. The van der Waals surface area contributed by atoms with E-state index in [4.69, 9.17) is 21.1 Å². The number of halogens is 1. The molecule has 2 heterocycles. The predicted molar refractivity (Wildman–Crippen MR) is 120 cm³/mol. The molecule has 0 bridgehead atoms. The second-order valence-corrected chi connectivity index (χ2v) is 7.94. The molecule has 1 aliphatic heterocycles. The van der Waals surface area contributed by atoms with Crippen molar-refractivity contribution in [1.82, 2.24) is 9.88 Å². The first-order valence-corrected chi connectivity index (χ1v) is 10.5. The van der Waals surface area contributed by atoms with Gasteiger partial charge in [0, 0.05) is 30.1 Å². The van der Waals surface area contributed by atoms with Gasteiger partial charge in [-0.05, 0) is 31.0 Å². The first-order chi connectivity index (χ1) is 15.0. The molecule has 0 saturated carbocycles. The van der Waals surface area contributed by atoms with Gasteiger partial charge in [-0.2, -0.15) is 0 Å². The Morgan fingerprint density at radius 3 is 2.65 bits per heavy atom. The summed E-state index contributed by atoms with van der Waals surface area (Å²) in [4.78, 5) is 30.9. The monoisotopic (exact) mass is 441 g/mol. The predicted octanol–water partition coefficient (Wildman–Crippen LogP) is 4.33. The van der Waals surface area contributed by atoms with Gasteiger partial charge in [-0.25, -0.2) is 0 Å². The highest BCUT2D eigenvalue weighted by Gasteiger charge is 2.30. The Labute approximate surface area is 185 Å². The van der Waals surface area contributed by atoms with Gasteiger partial charge in [0.05, 0.1) is 30.8 Å². The summed E-state index contributed by atoms with van der Waals surface area (Å²) in [6.45, 7) is 0.974. The molecule has 2 amide bonds. The van der Waals surface area contributed by atoms with Crippen LogP contribution in [0.5, 0.6) is 11.5 Å². The lowest BCUT2D eigenvalue weighted by Crippen LogP contribution is -2.43. The summed E-state index contributed by atoms with van der Waals surface area (Å²) in [5.74, 6) is 0.320. The molecule has 0 radical (unpaired) electrons. The van der Waals surface area contributed by atoms with Crippen molar-refractivity contribution in [2.24, 2.45) is 5.92 Å². The molecule has 8 heteroatoms. The Morgan fingerprint density at radius 1 is 1.13 bits per heavy atom. The number of piperidine rings is 1. The van der Waals surface area contributed by atoms with E-state index in [-0.39, 0.29) is 17.7 Å². The SMILES string of the molecule is COc1cc(OC)c(NC(=O)[C@H]2CCCN(C(=O)c3cc4ccccc4[nH]3)C2)cc1Cl. The van der Waals surface area contributed by atoms with Gasteiger partial charge >= 0.3 is 0 Å². The Hall–Kier alpha value is -3.19. The van der Waals surface area contributed by atoms with Gasteiger partial charge in [0.25, 0.3) is 5.91 Å². The van der Waals surface area contributed by atoms with Gasteiger partial charge in [-0.3, -0.25) is 9.59 Å². The number of fused-ring (bicyclic) bond motifs is 1. The lowest BCUT2D eigenvalue weighted by atomic mass is 9.96. The molecule has 0 spiro atoms. The van der Waals surface area contributed by atoms with E-state index in [2.05, 4.69) is 10.3 Å². The molecule has 0 unspecified atom stereocenters. The van der Waals surface area contributed by atoms with Crippen LogP contribution in [0.3, 0.4) is 0 Å². The number of H-pyrrole nitrogens is 1. The van der Waals surface area contributed by atoms with Crippen molar-refractivity contribution >= 4 is 40.0 Å². The first kappa shape index (κ1) is 21.1. The topological polar surface area (TPSA) is 83.7 Å². The van der Waals surface area contributed by atoms with E-state index in [1.54, 1.807) is 17.0 Å². The van der Waals surface area contributed by atoms with Crippen LogP contribution in [0.15, 0.2) is 42.5 Å². The van der Waals surface area contributed by atoms with Crippen LogP contribution in [0.2, 0.25) is 5.02 Å². The third-order valence-electron chi connectivity index (χ3n) is 5.57. The first-order valence-electron chi connectivity index (χ1n) is 10.1. The number of methoxy groups -OCH3 is 2. The number of amides is 2. The van der Waals surface area contributed by atoms with Crippen LogP contribution in [-0.4, -0.2) is 49.0 Å². The molecule has 7 nitrogen and oxygen atoms in total. The van der Waals surface area contributed by atoms with Crippen molar-refractivity contribution in [2.75, 3.05) is 32.6 Å². The summed E-state index contributed by atoms with van der Waals surface area (Å²) in [7, 11) is 3.03. The number of nitrogens with zero attached hydrogens (tertiary/aromatic N) is 1. The molecule has 1 aliphatic rings. The van der Waals surface area contributed by atoms with Crippen molar-refractivity contribution in [3.8, 4) is 11.5 Å². The number of carbonyl (C=O) groups excluding carboxylic acids is 2. The molecule has 3 aromatic rings. The van der Waals surface area contributed by atoms with E-state index >= 15 is 0 Å². The number of likely N-dealkylation sites (tertiary alicyclic amines) is 1. The Kier molecular flexibility index (Phi) is 6.04. The molecule has 4 rings (SSSR count). The Balaban J connectivity index is 1.47. The fraction of sp³-hybridized carbons (Fsp3) is 0.304. The van der Waals surface area contributed by atoms with Crippen molar-refractivity contribution in [2.45, 2.75) is 12.8 Å². The number of ether oxygens (including phenoxy) is 2. The summed E-state index contributed by atoms with van der Waals surface area (Å²) in [6.07, 6.45) is 1.46. The van der Waals surface area contributed by atoms with Gasteiger partial charge in [-0.1, -0.05) is 29.8 Å². The maximum Gasteiger partial charge on any atom is 0.270 e. The highest BCUT2D eigenvalue weighted by atomic mass is 35.5. The number of para-hydroxylation sites is 1. The van der Waals surface area contributed by atoms with Gasteiger partial charge in [0.15, 0.2) is 0 Å². The number of carbonyl (C=O) groups is 2. The maximum atomic E-state index is 13.0. The summed E-state index contributed by atoms with van der Waals surface area (Å²) in [5.41, 5.74) is 1.92. The van der Waals surface area contributed by atoms with Crippen LogP contribution in [0.25, 0.3) is 10.9 Å². The van der Waals surface area contributed by atoms with Crippen molar-refractivity contribution < 1.29 is 19.1 Å². The zero-order chi connectivity index (χ0) is 22.0. The second-order valence-electron chi connectivity index (χ2n) is 7.54. The van der Waals surface area contributed by atoms with Crippen molar-refractivity contribution in [1.29, 1.82) is 0 Å². The van der Waals surface area contributed by atoms with E-state index in [0.29, 0.717) is 47.4 Å². The normalized spacial score (nSPS) is 16.2. The third-order valence-corrected chi connectivity index (χ3v) is 5.87. The van der Waals surface area contributed by atoms with Gasteiger partial charge in [-0.15, -0.1) is 0 Å². The molecule has 2 aromatic carbocycles. The largest absolute Gasteiger partial charge is 0.495 e. The second kappa shape index (κ2) is 8.89. The number of rotatable bonds is 5. The smallest absolute Gasteiger partial charge is 0.270 e. The van der Waals surface area contributed by atoms with Crippen LogP contribution in [0.4, 0.5) is 5.69 Å². The standard InChI is InChI=1S/C23H24ClN3O4/c1-30-20-12-21(31-2)18(11-16(20)24)26-22(28)15-7-5-9-27(13-15)23(29)19-10-14-6-3-4-8-17(14)25-19/h3-4,6,8,10-12,15,25H,5,7,9,13H2,1-2H3,(H,26,28)/t15-/m0/s1. The minimum Gasteiger partial charge on any atom is -0.495 e. The molecular formula is C23H24ClN3O4. The number of aromatic nitrogens is 1. The minimum atomic E-state index is -0.326. The summed E-state index contributed by atoms with van der Waals surface area (Å²) >= 11 is 6.21. The van der Waals surface area contributed by atoms with Crippen LogP contribution in [0, 0.1) is 5.92 Å². The number of nitrogens with one attached hydrogen (secondary N) is 2. The van der Waals surface area contributed by atoms with Crippen LogP contribution < -0.4 is 14.8 Å². The summed E-state index contributed by atoms with van der Waals surface area (Å²) in [5, 5.41) is 4.25. The highest BCUT2D eigenvalue weighted by molar-refractivity contribution is 6.32.